The van der Waals surface area contributed by atoms with E-state index in [2.05, 4.69) is 23.3 Å². The predicted molar refractivity (Wildman–Crippen MR) is 100 cm³/mol. The van der Waals surface area contributed by atoms with Gasteiger partial charge in [0, 0.05) is 26.1 Å². The van der Waals surface area contributed by atoms with Gasteiger partial charge >= 0.3 is 0 Å². The first-order valence-electron chi connectivity index (χ1n) is 7.59. The Labute approximate surface area is 149 Å². The molecule has 6 heteroatoms. The molecule has 1 aromatic carbocycles. The third kappa shape index (κ3) is 5.47. The van der Waals surface area contributed by atoms with Crippen molar-refractivity contribution in [3.8, 4) is 0 Å². The highest BCUT2D eigenvalue weighted by Gasteiger charge is 2.20. The van der Waals surface area contributed by atoms with Crippen LogP contribution in [-0.2, 0) is 17.9 Å². The second-order valence-corrected chi connectivity index (χ2v) is 5.32. The van der Waals surface area contributed by atoms with Crippen LogP contribution in [0.25, 0.3) is 0 Å². The van der Waals surface area contributed by atoms with E-state index in [1.54, 1.807) is 0 Å². The van der Waals surface area contributed by atoms with Gasteiger partial charge in [0.15, 0.2) is 5.96 Å². The molecule has 1 fully saturated rings. The molecule has 0 spiro atoms. The van der Waals surface area contributed by atoms with Gasteiger partial charge in [-0.05, 0) is 24.0 Å². The maximum absolute atomic E-state index is 11.7. The average Bonchev–Trinajstić information content (AvgIpc) is 2.89. The van der Waals surface area contributed by atoms with E-state index in [4.69, 9.17) is 5.73 Å². The number of amides is 1. The quantitative estimate of drug-likeness (QED) is 0.425. The number of hydrogen-bond acceptors (Lipinski definition) is 2. The Morgan fingerprint density at radius 1 is 1.36 bits per heavy atom. The molecule has 2 rings (SSSR count). The first-order valence-corrected chi connectivity index (χ1v) is 7.59. The molecule has 1 aliphatic rings. The predicted octanol–water partition coefficient (Wildman–Crippen LogP) is 2.24. The topological polar surface area (TPSA) is 70.7 Å². The van der Waals surface area contributed by atoms with Gasteiger partial charge in [-0.25, -0.2) is 4.99 Å². The fraction of sp³-hybridized carbons (Fsp3) is 0.500. The lowest BCUT2D eigenvalue weighted by molar-refractivity contribution is -0.128. The van der Waals surface area contributed by atoms with Gasteiger partial charge in [0.05, 0.1) is 6.54 Å². The summed E-state index contributed by atoms with van der Waals surface area (Å²) in [5.41, 5.74) is 8.09. The van der Waals surface area contributed by atoms with Crippen LogP contribution in [0.1, 0.15) is 37.3 Å². The van der Waals surface area contributed by atoms with E-state index in [1.807, 2.05) is 23.1 Å². The monoisotopic (exact) mass is 416 g/mol. The van der Waals surface area contributed by atoms with Crippen molar-refractivity contribution < 1.29 is 4.79 Å². The number of carbonyl (C=O) groups is 1. The lowest BCUT2D eigenvalue weighted by Gasteiger charge is -2.17. The Morgan fingerprint density at radius 3 is 2.73 bits per heavy atom. The van der Waals surface area contributed by atoms with Gasteiger partial charge < -0.3 is 16.0 Å². The molecule has 1 amide bonds. The van der Waals surface area contributed by atoms with Gasteiger partial charge in [-0.1, -0.05) is 31.2 Å². The number of guanidine groups is 1. The SMILES string of the molecule is CCCNC(N)=NCc1ccccc1CN1CCCC1=O.I. The molecule has 1 aliphatic heterocycles. The second-order valence-electron chi connectivity index (χ2n) is 5.32. The minimum absolute atomic E-state index is 0. The summed E-state index contributed by atoms with van der Waals surface area (Å²) in [7, 11) is 0. The van der Waals surface area contributed by atoms with E-state index in [1.165, 1.54) is 0 Å². The standard InChI is InChI=1S/C16H24N4O.HI/c1-2-9-18-16(17)19-11-13-6-3-4-7-14(13)12-20-10-5-8-15(20)21;/h3-4,6-7H,2,5,8-12H2,1H3,(H3,17,18,19);1H. The molecule has 1 aromatic rings. The fourth-order valence-electron chi connectivity index (χ4n) is 2.42. The van der Waals surface area contributed by atoms with Crippen molar-refractivity contribution in [2.75, 3.05) is 13.1 Å². The summed E-state index contributed by atoms with van der Waals surface area (Å²) in [5.74, 6) is 0.723. The smallest absolute Gasteiger partial charge is 0.222 e. The first kappa shape index (κ1) is 18.7. The number of benzene rings is 1. The molecule has 0 aliphatic carbocycles. The number of carbonyl (C=O) groups excluding carboxylic acids is 1. The Kier molecular flexibility index (Phi) is 8.22. The summed E-state index contributed by atoms with van der Waals surface area (Å²) in [5, 5.41) is 3.07. The van der Waals surface area contributed by atoms with Crippen molar-refractivity contribution in [1.29, 1.82) is 0 Å². The minimum Gasteiger partial charge on any atom is -0.370 e. The summed E-state index contributed by atoms with van der Waals surface area (Å²) in [4.78, 5) is 18.0. The van der Waals surface area contributed by atoms with Gasteiger partial charge in [-0.15, -0.1) is 24.0 Å². The largest absolute Gasteiger partial charge is 0.370 e. The fourth-order valence-corrected chi connectivity index (χ4v) is 2.42. The molecular weight excluding hydrogens is 391 g/mol. The highest BCUT2D eigenvalue weighted by atomic mass is 127. The molecule has 5 nitrogen and oxygen atoms in total. The number of hydrogen-bond donors (Lipinski definition) is 2. The number of aliphatic imine (C=N–C) groups is 1. The number of likely N-dealkylation sites (tertiary alicyclic amines) is 1. The van der Waals surface area contributed by atoms with Crippen LogP contribution in [0.2, 0.25) is 0 Å². The van der Waals surface area contributed by atoms with E-state index < -0.39 is 0 Å². The Hall–Kier alpha value is -1.31. The summed E-state index contributed by atoms with van der Waals surface area (Å²) < 4.78 is 0. The van der Waals surface area contributed by atoms with E-state index in [0.717, 1.165) is 37.1 Å². The number of halogens is 1. The van der Waals surface area contributed by atoms with Crippen molar-refractivity contribution in [2.45, 2.75) is 39.3 Å². The van der Waals surface area contributed by atoms with Gasteiger partial charge in [0.2, 0.25) is 5.91 Å². The molecule has 0 saturated carbocycles. The minimum atomic E-state index is 0. The zero-order valence-electron chi connectivity index (χ0n) is 13.0. The lowest BCUT2D eigenvalue weighted by atomic mass is 10.1. The van der Waals surface area contributed by atoms with Crippen LogP contribution in [0.4, 0.5) is 0 Å². The van der Waals surface area contributed by atoms with Gasteiger partial charge in [-0.3, -0.25) is 4.79 Å². The van der Waals surface area contributed by atoms with Gasteiger partial charge in [0.1, 0.15) is 0 Å². The average molecular weight is 416 g/mol. The first-order chi connectivity index (χ1) is 10.2. The van der Waals surface area contributed by atoms with Crippen LogP contribution in [0, 0.1) is 0 Å². The van der Waals surface area contributed by atoms with Crippen molar-refractivity contribution in [2.24, 2.45) is 10.7 Å². The van der Waals surface area contributed by atoms with E-state index >= 15 is 0 Å². The molecule has 3 N–H and O–H groups in total. The molecule has 122 valence electrons. The maximum atomic E-state index is 11.7. The highest BCUT2D eigenvalue weighted by Crippen LogP contribution is 2.17. The van der Waals surface area contributed by atoms with E-state index in [-0.39, 0.29) is 29.9 Å². The lowest BCUT2D eigenvalue weighted by Crippen LogP contribution is -2.32. The van der Waals surface area contributed by atoms with Crippen molar-refractivity contribution in [1.82, 2.24) is 10.2 Å². The van der Waals surface area contributed by atoms with Crippen LogP contribution >= 0.6 is 24.0 Å². The van der Waals surface area contributed by atoms with Gasteiger partial charge in [0.25, 0.3) is 0 Å². The van der Waals surface area contributed by atoms with E-state index in [0.29, 0.717) is 25.5 Å². The highest BCUT2D eigenvalue weighted by molar-refractivity contribution is 14.0. The molecule has 0 bridgehead atoms. The molecular formula is C16H25IN4O. The number of rotatable bonds is 6. The zero-order valence-corrected chi connectivity index (χ0v) is 15.4. The maximum Gasteiger partial charge on any atom is 0.222 e. The summed E-state index contributed by atoms with van der Waals surface area (Å²) in [6.45, 7) is 4.99. The molecule has 1 heterocycles. The number of nitrogens with zero attached hydrogens (tertiary/aromatic N) is 2. The molecule has 22 heavy (non-hydrogen) atoms. The summed E-state index contributed by atoms with van der Waals surface area (Å²) in [6.07, 6.45) is 2.66. The van der Waals surface area contributed by atoms with Crippen molar-refractivity contribution in [3.63, 3.8) is 0 Å². The molecule has 0 aromatic heterocycles. The Balaban J connectivity index is 0.00000242. The summed E-state index contributed by atoms with van der Waals surface area (Å²) >= 11 is 0. The Bertz CT molecular complexity index is 519. The van der Waals surface area contributed by atoms with Crippen LogP contribution < -0.4 is 11.1 Å². The molecule has 1 saturated heterocycles. The van der Waals surface area contributed by atoms with Crippen LogP contribution in [0.15, 0.2) is 29.3 Å². The van der Waals surface area contributed by atoms with E-state index in [9.17, 15) is 4.79 Å². The molecule has 0 radical (unpaired) electrons. The Morgan fingerprint density at radius 2 is 2.09 bits per heavy atom. The normalized spacial score (nSPS) is 14.9. The van der Waals surface area contributed by atoms with Crippen LogP contribution in [0.5, 0.6) is 0 Å². The second kappa shape index (κ2) is 9.66. The third-order valence-electron chi connectivity index (χ3n) is 3.63. The van der Waals surface area contributed by atoms with Crippen LogP contribution in [-0.4, -0.2) is 29.9 Å². The third-order valence-corrected chi connectivity index (χ3v) is 3.63. The molecule has 0 unspecified atom stereocenters. The van der Waals surface area contributed by atoms with Crippen molar-refractivity contribution >= 4 is 35.8 Å². The van der Waals surface area contributed by atoms with Crippen LogP contribution in [0.3, 0.4) is 0 Å². The zero-order chi connectivity index (χ0) is 15.1. The van der Waals surface area contributed by atoms with Gasteiger partial charge in [-0.2, -0.15) is 0 Å². The molecule has 0 atom stereocenters. The van der Waals surface area contributed by atoms with Crippen molar-refractivity contribution in [3.05, 3.63) is 35.4 Å². The number of nitrogens with one attached hydrogen (secondary N) is 1. The number of nitrogens with two attached hydrogens (primary N) is 1. The summed E-state index contributed by atoms with van der Waals surface area (Å²) in [6, 6.07) is 8.11.